The number of carboxylic acid groups (broad SMARTS) is 1. The smallest absolute Gasteiger partial charge is 0.416 e. The van der Waals surface area contributed by atoms with Crippen molar-refractivity contribution in [3.05, 3.63) is 76.2 Å². The van der Waals surface area contributed by atoms with Crippen molar-refractivity contribution in [2.24, 2.45) is 0 Å². The molecule has 0 saturated heterocycles. The molecule has 0 spiro atoms. The SMILES string of the molecule is O=C(O)CC(NC(=O)c1cc(O)n(-c2ccccc2Cl)n1)c1cc(F)ccc1C(F)(F)F. The Morgan fingerprint density at radius 3 is 2.47 bits per heavy atom. The number of carbonyl (C=O) groups is 2. The summed E-state index contributed by atoms with van der Waals surface area (Å²) in [5, 5.41) is 25.4. The van der Waals surface area contributed by atoms with E-state index in [0.717, 1.165) is 10.7 Å². The molecule has 3 N–H and O–H groups in total. The summed E-state index contributed by atoms with van der Waals surface area (Å²) < 4.78 is 54.7. The standard InChI is InChI=1S/C20H14ClF4N3O4/c21-13-3-1-2-4-16(13)28-17(29)8-15(27-28)19(32)26-14(9-18(30)31)11-7-10(22)5-6-12(11)20(23,24)25/h1-8,14,29H,9H2,(H,26,32)(H,30,31). The quantitative estimate of drug-likeness (QED) is 0.464. The molecule has 0 aliphatic carbocycles. The van der Waals surface area contributed by atoms with Crippen molar-refractivity contribution in [2.75, 3.05) is 0 Å². The first kappa shape index (κ1) is 23.1. The average Bonchev–Trinajstić information content (AvgIpc) is 3.08. The number of aromatic hydroxyl groups is 1. The van der Waals surface area contributed by atoms with Gasteiger partial charge in [0.25, 0.3) is 5.91 Å². The summed E-state index contributed by atoms with van der Waals surface area (Å²) in [6.45, 7) is 0. The van der Waals surface area contributed by atoms with Gasteiger partial charge in [-0.3, -0.25) is 9.59 Å². The number of hydrogen-bond acceptors (Lipinski definition) is 4. The molecular weight excluding hydrogens is 458 g/mol. The van der Waals surface area contributed by atoms with Crippen molar-refractivity contribution in [3.8, 4) is 11.6 Å². The van der Waals surface area contributed by atoms with Crippen molar-refractivity contribution < 1.29 is 37.4 Å². The van der Waals surface area contributed by atoms with Crippen LogP contribution in [-0.4, -0.2) is 31.9 Å². The van der Waals surface area contributed by atoms with E-state index in [1.165, 1.54) is 12.1 Å². The van der Waals surface area contributed by atoms with Crippen LogP contribution in [0.25, 0.3) is 5.69 Å². The first-order valence-electron chi connectivity index (χ1n) is 8.90. The van der Waals surface area contributed by atoms with Gasteiger partial charge < -0.3 is 15.5 Å². The van der Waals surface area contributed by atoms with Gasteiger partial charge in [0, 0.05) is 6.07 Å². The number of carbonyl (C=O) groups excluding carboxylic acids is 1. The molecule has 32 heavy (non-hydrogen) atoms. The third-order valence-corrected chi connectivity index (χ3v) is 4.70. The molecule has 0 fully saturated rings. The molecule has 1 unspecified atom stereocenters. The second-order valence-electron chi connectivity index (χ2n) is 6.60. The number of rotatable bonds is 6. The molecule has 0 aliphatic rings. The van der Waals surface area contributed by atoms with E-state index in [1.807, 2.05) is 0 Å². The molecule has 3 rings (SSSR count). The number of benzene rings is 2. The lowest BCUT2D eigenvalue weighted by Gasteiger charge is -2.21. The van der Waals surface area contributed by atoms with E-state index in [9.17, 15) is 32.3 Å². The van der Waals surface area contributed by atoms with Gasteiger partial charge in [-0.1, -0.05) is 23.7 Å². The molecule has 0 bridgehead atoms. The van der Waals surface area contributed by atoms with Crippen LogP contribution in [0.2, 0.25) is 5.02 Å². The Morgan fingerprint density at radius 1 is 1.16 bits per heavy atom. The maximum atomic E-state index is 13.7. The summed E-state index contributed by atoms with van der Waals surface area (Å²) >= 11 is 6.04. The van der Waals surface area contributed by atoms with E-state index in [4.69, 9.17) is 16.7 Å². The van der Waals surface area contributed by atoms with Gasteiger partial charge in [0.05, 0.1) is 28.7 Å². The number of para-hydroxylation sites is 1. The van der Waals surface area contributed by atoms with E-state index in [1.54, 1.807) is 12.1 Å². The summed E-state index contributed by atoms with van der Waals surface area (Å²) in [4.78, 5) is 23.9. The number of hydrogen-bond donors (Lipinski definition) is 3. The van der Waals surface area contributed by atoms with Crippen LogP contribution in [0.5, 0.6) is 5.88 Å². The second kappa shape index (κ2) is 8.87. The lowest BCUT2D eigenvalue weighted by Crippen LogP contribution is -2.32. The average molecular weight is 472 g/mol. The molecule has 7 nitrogen and oxygen atoms in total. The molecule has 2 aromatic carbocycles. The molecule has 12 heteroatoms. The summed E-state index contributed by atoms with van der Waals surface area (Å²) in [6, 6.07) is 6.94. The summed E-state index contributed by atoms with van der Waals surface area (Å²) in [5.41, 5.74) is -2.27. The zero-order chi connectivity index (χ0) is 23.6. The van der Waals surface area contributed by atoms with Crippen molar-refractivity contribution in [1.82, 2.24) is 15.1 Å². The topological polar surface area (TPSA) is 104 Å². The van der Waals surface area contributed by atoms with Gasteiger partial charge in [-0.2, -0.15) is 23.0 Å². The molecule has 3 aromatic rings. The highest BCUT2D eigenvalue weighted by molar-refractivity contribution is 6.32. The Hall–Kier alpha value is -3.60. The third-order valence-electron chi connectivity index (χ3n) is 4.38. The zero-order valence-electron chi connectivity index (χ0n) is 15.9. The van der Waals surface area contributed by atoms with Crippen molar-refractivity contribution in [3.63, 3.8) is 0 Å². The third kappa shape index (κ3) is 4.99. The van der Waals surface area contributed by atoms with Crippen LogP contribution < -0.4 is 5.32 Å². The maximum absolute atomic E-state index is 13.7. The largest absolute Gasteiger partial charge is 0.493 e. The van der Waals surface area contributed by atoms with Crippen molar-refractivity contribution in [2.45, 2.75) is 18.6 Å². The zero-order valence-corrected chi connectivity index (χ0v) is 16.7. The Bertz CT molecular complexity index is 1180. The fourth-order valence-corrected chi connectivity index (χ4v) is 3.22. The van der Waals surface area contributed by atoms with Crippen LogP contribution in [-0.2, 0) is 11.0 Å². The number of carboxylic acids is 1. The second-order valence-corrected chi connectivity index (χ2v) is 7.01. The normalized spacial score (nSPS) is 12.4. The minimum atomic E-state index is -4.92. The van der Waals surface area contributed by atoms with Crippen LogP contribution in [0.4, 0.5) is 17.6 Å². The number of nitrogens with zero attached hydrogens (tertiary/aromatic N) is 2. The Balaban J connectivity index is 1.97. The lowest BCUT2D eigenvalue weighted by molar-refractivity contribution is -0.140. The highest BCUT2D eigenvalue weighted by Crippen LogP contribution is 2.36. The number of nitrogens with one attached hydrogen (secondary N) is 1. The van der Waals surface area contributed by atoms with Gasteiger partial charge in [0.15, 0.2) is 5.69 Å². The van der Waals surface area contributed by atoms with Crippen molar-refractivity contribution in [1.29, 1.82) is 0 Å². The van der Waals surface area contributed by atoms with Gasteiger partial charge in [0.2, 0.25) is 5.88 Å². The van der Waals surface area contributed by atoms with Gasteiger partial charge in [-0.15, -0.1) is 0 Å². The van der Waals surface area contributed by atoms with E-state index in [0.29, 0.717) is 18.2 Å². The highest BCUT2D eigenvalue weighted by atomic mass is 35.5. The predicted octanol–water partition coefficient (Wildman–Crippen LogP) is 4.34. The van der Waals surface area contributed by atoms with E-state index >= 15 is 0 Å². The fraction of sp³-hybridized carbons (Fsp3) is 0.150. The molecule has 168 valence electrons. The number of aliphatic carboxylic acids is 1. The van der Waals surface area contributed by atoms with E-state index in [2.05, 4.69) is 10.4 Å². The Kier molecular flexibility index (Phi) is 6.40. The number of aromatic nitrogens is 2. The van der Waals surface area contributed by atoms with E-state index < -0.39 is 59.0 Å². The maximum Gasteiger partial charge on any atom is 0.416 e. The minimum absolute atomic E-state index is 0.191. The van der Waals surface area contributed by atoms with Gasteiger partial charge in [-0.25, -0.2) is 4.39 Å². The molecule has 1 atom stereocenters. The summed E-state index contributed by atoms with van der Waals surface area (Å²) in [5.74, 6) is -4.16. The summed E-state index contributed by atoms with van der Waals surface area (Å²) in [7, 11) is 0. The minimum Gasteiger partial charge on any atom is -0.493 e. The van der Waals surface area contributed by atoms with Crippen LogP contribution in [0, 0.1) is 5.82 Å². The van der Waals surface area contributed by atoms with Crippen molar-refractivity contribution >= 4 is 23.5 Å². The lowest BCUT2D eigenvalue weighted by atomic mass is 9.97. The molecule has 0 radical (unpaired) electrons. The Labute approximate surface area is 182 Å². The molecule has 0 aliphatic heterocycles. The van der Waals surface area contributed by atoms with Crippen LogP contribution in [0.1, 0.15) is 34.1 Å². The predicted molar refractivity (Wildman–Crippen MR) is 104 cm³/mol. The Morgan fingerprint density at radius 2 is 1.84 bits per heavy atom. The number of alkyl halides is 3. The first-order chi connectivity index (χ1) is 15.0. The van der Waals surface area contributed by atoms with E-state index in [-0.39, 0.29) is 10.7 Å². The van der Waals surface area contributed by atoms with Crippen LogP contribution in [0.3, 0.4) is 0 Å². The van der Waals surface area contributed by atoms with Gasteiger partial charge in [-0.05, 0) is 35.9 Å². The van der Waals surface area contributed by atoms with Crippen LogP contribution in [0.15, 0.2) is 48.5 Å². The van der Waals surface area contributed by atoms with Gasteiger partial charge in [0.1, 0.15) is 5.82 Å². The fourth-order valence-electron chi connectivity index (χ4n) is 3.01. The number of halogens is 5. The van der Waals surface area contributed by atoms with Crippen LogP contribution >= 0.6 is 11.6 Å². The highest BCUT2D eigenvalue weighted by Gasteiger charge is 2.36. The molecule has 1 aromatic heterocycles. The summed E-state index contributed by atoms with van der Waals surface area (Å²) in [6.07, 6.45) is -5.89. The van der Waals surface area contributed by atoms with Gasteiger partial charge >= 0.3 is 12.1 Å². The first-order valence-corrected chi connectivity index (χ1v) is 9.28. The molecule has 1 heterocycles. The monoisotopic (exact) mass is 471 g/mol. The molecule has 0 saturated carbocycles. The molecular formula is C20H14ClF4N3O4. The number of amides is 1. The molecule has 1 amide bonds.